The molecule has 0 unspecified atom stereocenters. The van der Waals surface area contributed by atoms with E-state index >= 15 is 0 Å². The van der Waals surface area contributed by atoms with Crippen LogP contribution in [0.3, 0.4) is 0 Å². The lowest BCUT2D eigenvalue weighted by Crippen LogP contribution is -2.11. The summed E-state index contributed by atoms with van der Waals surface area (Å²) in [6.45, 7) is 5.54. The third-order valence-electron chi connectivity index (χ3n) is 3.95. The Morgan fingerprint density at radius 3 is 2.26 bits per heavy atom. The van der Waals surface area contributed by atoms with Crippen LogP contribution < -0.4 is 10.6 Å². The Morgan fingerprint density at radius 2 is 1.70 bits per heavy atom. The molecule has 0 saturated carbocycles. The van der Waals surface area contributed by atoms with Crippen molar-refractivity contribution >= 4 is 34.8 Å². The molecule has 2 amide bonds. The van der Waals surface area contributed by atoms with Gasteiger partial charge < -0.3 is 15.1 Å². The van der Waals surface area contributed by atoms with Crippen LogP contribution in [0.15, 0.2) is 40.8 Å². The number of carbonyl (C=O) groups is 2. The van der Waals surface area contributed by atoms with Gasteiger partial charge in [-0.2, -0.15) is 5.10 Å². The molecular weight excluding hydrogens is 368 g/mol. The van der Waals surface area contributed by atoms with Crippen molar-refractivity contribution in [3.05, 3.63) is 64.3 Å². The SMILES string of the molecule is CC(=O)Nc1ccc(NC(=O)c2ccc(Cn3nc(C)c(Cl)c3C)o2)cc1. The highest BCUT2D eigenvalue weighted by atomic mass is 35.5. The zero-order chi connectivity index (χ0) is 19.6. The number of nitrogens with one attached hydrogen (secondary N) is 2. The summed E-state index contributed by atoms with van der Waals surface area (Å²) >= 11 is 6.15. The molecule has 0 aliphatic rings. The minimum atomic E-state index is -0.361. The van der Waals surface area contributed by atoms with E-state index in [2.05, 4.69) is 15.7 Å². The summed E-state index contributed by atoms with van der Waals surface area (Å²) in [6, 6.07) is 10.2. The number of hydrogen-bond donors (Lipinski definition) is 2. The van der Waals surface area contributed by atoms with Crippen LogP contribution in [0, 0.1) is 13.8 Å². The molecule has 0 spiro atoms. The van der Waals surface area contributed by atoms with Gasteiger partial charge in [-0.3, -0.25) is 14.3 Å². The van der Waals surface area contributed by atoms with E-state index in [4.69, 9.17) is 16.0 Å². The molecule has 140 valence electrons. The molecule has 0 radical (unpaired) electrons. The van der Waals surface area contributed by atoms with Gasteiger partial charge in [-0.25, -0.2) is 0 Å². The van der Waals surface area contributed by atoms with Crippen molar-refractivity contribution in [2.45, 2.75) is 27.3 Å². The number of nitrogens with zero attached hydrogens (tertiary/aromatic N) is 2. The summed E-state index contributed by atoms with van der Waals surface area (Å²) in [7, 11) is 0. The van der Waals surface area contributed by atoms with Crippen molar-refractivity contribution in [2.75, 3.05) is 10.6 Å². The van der Waals surface area contributed by atoms with Crippen molar-refractivity contribution in [3.8, 4) is 0 Å². The summed E-state index contributed by atoms with van der Waals surface area (Å²) in [5.74, 6) is 0.283. The second kappa shape index (κ2) is 7.67. The number of furan rings is 1. The molecule has 2 heterocycles. The Balaban J connectivity index is 1.66. The third kappa shape index (κ3) is 4.38. The highest BCUT2D eigenvalue weighted by molar-refractivity contribution is 6.31. The van der Waals surface area contributed by atoms with Crippen molar-refractivity contribution in [1.29, 1.82) is 0 Å². The van der Waals surface area contributed by atoms with Gasteiger partial charge in [0.2, 0.25) is 5.91 Å². The van der Waals surface area contributed by atoms with Gasteiger partial charge in [0.25, 0.3) is 5.91 Å². The molecule has 3 aromatic rings. The van der Waals surface area contributed by atoms with E-state index < -0.39 is 0 Å². The molecule has 3 rings (SSSR count). The molecule has 0 aliphatic heterocycles. The number of hydrogen-bond acceptors (Lipinski definition) is 4. The maximum atomic E-state index is 12.3. The van der Waals surface area contributed by atoms with E-state index in [1.807, 2.05) is 13.8 Å². The molecule has 2 aromatic heterocycles. The fraction of sp³-hybridized carbons (Fsp3) is 0.211. The first-order chi connectivity index (χ1) is 12.8. The minimum absolute atomic E-state index is 0.154. The molecule has 2 N–H and O–H groups in total. The molecule has 0 atom stereocenters. The van der Waals surface area contributed by atoms with E-state index in [-0.39, 0.29) is 17.6 Å². The van der Waals surface area contributed by atoms with E-state index in [9.17, 15) is 9.59 Å². The number of halogens is 1. The monoisotopic (exact) mass is 386 g/mol. The number of anilines is 2. The Kier molecular flexibility index (Phi) is 5.32. The number of rotatable bonds is 5. The Labute approximate surface area is 161 Å². The van der Waals surface area contributed by atoms with Crippen LogP contribution in [-0.2, 0) is 11.3 Å². The number of aryl methyl sites for hydroxylation is 1. The first-order valence-corrected chi connectivity index (χ1v) is 8.68. The van der Waals surface area contributed by atoms with Gasteiger partial charge in [0, 0.05) is 18.3 Å². The van der Waals surface area contributed by atoms with Crippen LogP contribution in [0.2, 0.25) is 5.02 Å². The zero-order valence-corrected chi connectivity index (χ0v) is 15.9. The quantitative estimate of drug-likeness (QED) is 0.693. The van der Waals surface area contributed by atoms with Crippen molar-refractivity contribution in [3.63, 3.8) is 0 Å². The summed E-state index contributed by atoms with van der Waals surface area (Å²) in [6.07, 6.45) is 0. The fourth-order valence-corrected chi connectivity index (χ4v) is 2.73. The molecule has 7 nitrogen and oxygen atoms in total. The van der Waals surface area contributed by atoms with E-state index in [1.165, 1.54) is 6.92 Å². The molecule has 8 heteroatoms. The summed E-state index contributed by atoms with van der Waals surface area (Å²) in [5.41, 5.74) is 2.85. The van der Waals surface area contributed by atoms with Gasteiger partial charge in [0.1, 0.15) is 5.76 Å². The van der Waals surface area contributed by atoms with Gasteiger partial charge in [-0.1, -0.05) is 11.6 Å². The van der Waals surface area contributed by atoms with E-state index in [0.29, 0.717) is 28.7 Å². The van der Waals surface area contributed by atoms with Crippen LogP contribution in [0.1, 0.15) is 34.6 Å². The van der Waals surface area contributed by atoms with Crippen molar-refractivity contribution in [1.82, 2.24) is 9.78 Å². The maximum absolute atomic E-state index is 12.3. The number of aromatic nitrogens is 2. The molecule has 1 aromatic carbocycles. The maximum Gasteiger partial charge on any atom is 0.291 e. The highest BCUT2D eigenvalue weighted by Crippen LogP contribution is 2.21. The second-order valence-corrected chi connectivity index (χ2v) is 6.50. The number of amides is 2. The zero-order valence-electron chi connectivity index (χ0n) is 15.2. The number of carbonyl (C=O) groups excluding carboxylic acids is 2. The minimum Gasteiger partial charge on any atom is -0.454 e. The van der Waals surface area contributed by atoms with Crippen molar-refractivity contribution < 1.29 is 14.0 Å². The molecular formula is C19H19ClN4O3. The molecule has 0 bridgehead atoms. The highest BCUT2D eigenvalue weighted by Gasteiger charge is 2.14. The van der Waals surface area contributed by atoms with Crippen LogP contribution in [0.5, 0.6) is 0 Å². The first kappa shape index (κ1) is 18.7. The van der Waals surface area contributed by atoms with E-state index in [1.54, 1.807) is 41.1 Å². The van der Waals surface area contributed by atoms with Gasteiger partial charge in [0.05, 0.1) is 23.0 Å². The average molecular weight is 387 g/mol. The van der Waals surface area contributed by atoms with Gasteiger partial charge >= 0.3 is 0 Å². The van der Waals surface area contributed by atoms with Crippen LogP contribution in [0.4, 0.5) is 11.4 Å². The number of benzene rings is 1. The molecule has 0 aliphatic carbocycles. The summed E-state index contributed by atoms with van der Waals surface area (Å²) in [4.78, 5) is 23.4. The normalized spacial score (nSPS) is 10.7. The summed E-state index contributed by atoms with van der Waals surface area (Å²) in [5, 5.41) is 10.4. The largest absolute Gasteiger partial charge is 0.454 e. The molecule has 0 fully saturated rings. The van der Waals surface area contributed by atoms with Gasteiger partial charge in [-0.15, -0.1) is 0 Å². The first-order valence-electron chi connectivity index (χ1n) is 8.30. The molecule has 0 saturated heterocycles. The standard InChI is InChI=1S/C19H19ClN4O3/c1-11-18(20)12(2)24(23-11)10-16-8-9-17(27-16)19(26)22-15-6-4-14(5-7-15)21-13(3)25/h4-9H,10H2,1-3H3,(H,21,25)(H,22,26). The van der Waals surface area contributed by atoms with Crippen LogP contribution >= 0.6 is 11.6 Å². The summed E-state index contributed by atoms with van der Waals surface area (Å²) < 4.78 is 7.36. The predicted octanol–water partition coefficient (Wildman–Crippen LogP) is 4.01. The van der Waals surface area contributed by atoms with Crippen molar-refractivity contribution in [2.24, 2.45) is 0 Å². The Bertz CT molecular complexity index is 989. The Morgan fingerprint density at radius 1 is 1.07 bits per heavy atom. The lowest BCUT2D eigenvalue weighted by molar-refractivity contribution is -0.114. The molecule has 27 heavy (non-hydrogen) atoms. The third-order valence-corrected chi connectivity index (χ3v) is 4.49. The average Bonchev–Trinajstić information content (AvgIpc) is 3.18. The lowest BCUT2D eigenvalue weighted by atomic mass is 10.2. The topological polar surface area (TPSA) is 89.2 Å². The van der Waals surface area contributed by atoms with Gasteiger partial charge in [0.15, 0.2) is 5.76 Å². The Hall–Kier alpha value is -3.06. The fourth-order valence-electron chi connectivity index (χ4n) is 2.59. The van der Waals surface area contributed by atoms with Gasteiger partial charge in [-0.05, 0) is 50.2 Å². The van der Waals surface area contributed by atoms with Crippen LogP contribution in [-0.4, -0.2) is 21.6 Å². The predicted molar refractivity (Wildman–Crippen MR) is 103 cm³/mol. The van der Waals surface area contributed by atoms with Crippen LogP contribution in [0.25, 0.3) is 0 Å². The van der Waals surface area contributed by atoms with E-state index in [0.717, 1.165) is 11.4 Å². The second-order valence-electron chi connectivity index (χ2n) is 6.12. The smallest absolute Gasteiger partial charge is 0.291 e. The lowest BCUT2D eigenvalue weighted by Gasteiger charge is -2.06.